The van der Waals surface area contributed by atoms with Crippen molar-refractivity contribution in [2.24, 2.45) is 0 Å². The molecule has 1 aromatic heterocycles. The highest BCUT2D eigenvalue weighted by atomic mass is 16.2. The SMILES string of the molecule is CC(C)(C)NC(=O)CN1CCCN(C(=O)c2ccncc2)CC1. The maximum atomic E-state index is 12.5. The molecular weight excluding hydrogens is 292 g/mol. The molecule has 1 fully saturated rings. The zero-order valence-electron chi connectivity index (χ0n) is 14.2. The van der Waals surface area contributed by atoms with Gasteiger partial charge in [0.15, 0.2) is 0 Å². The van der Waals surface area contributed by atoms with E-state index in [1.54, 1.807) is 24.5 Å². The van der Waals surface area contributed by atoms with E-state index in [2.05, 4.69) is 15.2 Å². The van der Waals surface area contributed by atoms with Gasteiger partial charge in [-0.2, -0.15) is 0 Å². The summed E-state index contributed by atoms with van der Waals surface area (Å²) in [4.78, 5) is 32.4. The summed E-state index contributed by atoms with van der Waals surface area (Å²) in [5, 5.41) is 2.98. The first-order valence-corrected chi connectivity index (χ1v) is 8.08. The first-order chi connectivity index (χ1) is 10.8. The minimum absolute atomic E-state index is 0.0337. The molecule has 0 atom stereocenters. The molecule has 0 radical (unpaired) electrons. The molecule has 0 unspecified atom stereocenters. The number of carbonyl (C=O) groups excluding carboxylic acids is 2. The molecule has 6 nitrogen and oxygen atoms in total. The number of rotatable bonds is 3. The van der Waals surface area contributed by atoms with Crippen LogP contribution in [0.1, 0.15) is 37.6 Å². The molecule has 0 saturated carbocycles. The molecule has 0 spiro atoms. The Morgan fingerprint density at radius 1 is 1.13 bits per heavy atom. The zero-order valence-corrected chi connectivity index (χ0v) is 14.2. The van der Waals surface area contributed by atoms with Crippen molar-refractivity contribution >= 4 is 11.8 Å². The van der Waals surface area contributed by atoms with Crippen molar-refractivity contribution in [3.8, 4) is 0 Å². The van der Waals surface area contributed by atoms with Gasteiger partial charge in [0, 0.05) is 49.7 Å². The van der Waals surface area contributed by atoms with E-state index in [1.807, 2.05) is 25.7 Å². The molecule has 1 aliphatic heterocycles. The van der Waals surface area contributed by atoms with Gasteiger partial charge < -0.3 is 10.2 Å². The average Bonchev–Trinajstić information content (AvgIpc) is 2.71. The minimum atomic E-state index is -0.216. The highest BCUT2D eigenvalue weighted by Gasteiger charge is 2.22. The van der Waals surface area contributed by atoms with Crippen LogP contribution in [-0.2, 0) is 4.79 Å². The number of nitrogens with zero attached hydrogens (tertiary/aromatic N) is 3. The van der Waals surface area contributed by atoms with Gasteiger partial charge in [0.05, 0.1) is 6.54 Å². The predicted molar refractivity (Wildman–Crippen MR) is 89.1 cm³/mol. The quantitative estimate of drug-likeness (QED) is 0.908. The highest BCUT2D eigenvalue weighted by Crippen LogP contribution is 2.09. The third kappa shape index (κ3) is 5.63. The second-order valence-electron chi connectivity index (χ2n) is 6.96. The zero-order chi connectivity index (χ0) is 16.9. The van der Waals surface area contributed by atoms with Crippen LogP contribution in [0, 0.1) is 0 Å². The maximum Gasteiger partial charge on any atom is 0.254 e. The van der Waals surface area contributed by atoms with Crippen molar-refractivity contribution in [1.82, 2.24) is 20.1 Å². The van der Waals surface area contributed by atoms with Gasteiger partial charge in [-0.25, -0.2) is 0 Å². The summed E-state index contributed by atoms with van der Waals surface area (Å²) in [7, 11) is 0. The Morgan fingerprint density at radius 3 is 2.48 bits per heavy atom. The van der Waals surface area contributed by atoms with E-state index >= 15 is 0 Å². The van der Waals surface area contributed by atoms with E-state index in [0.717, 1.165) is 19.5 Å². The van der Waals surface area contributed by atoms with E-state index in [4.69, 9.17) is 0 Å². The van der Waals surface area contributed by atoms with E-state index < -0.39 is 0 Å². The summed E-state index contributed by atoms with van der Waals surface area (Å²) in [6.07, 6.45) is 4.14. The largest absolute Gasteiger partial charge is 0.350 e. The van der Waals surface area contributed by atoms with Gasteiger partial charge in [0.2, 0.25) is 5.91 Å². The first kappa shape index (κ1) is 17.4. The van der Waals surface area contributed by atoms with Gasteiger partial charge in [-0.1, -0.05) is 0 Å². The molecular formula is C17H26N4O2. The lowest BCUT2D eigenvalue weighted by Gasteiger charge is -2.25. The van der Waals surface area contributed by atoms with Gasteiger partial charge in [0.1, 0.15) is 0 Å². The van der Waals surface area contributed by atoms with Crippen LogP contribution in [0.4, 0.5) is 0 Å². The van der Waals surface area contributed by atoms with Crippen molar-refractivity contribution in [3.05, 3.63) is 30.1 Å². The normalized spacial score (nSPS) is 16.7. The summed E-state index contributed by atoms with van der Waals surface area (Å²) < 4.78 is 0. The standard InChI is InChI=1S/C17H26N4O2/c1-17(2,3)19-15(22)13-20-9-4-10-21(12-11-20)16(23)14-5-7-18-8-6-14/h5-8H,4,9-13H2,1-3H3,(H,19,22). The van der Waals surface area contributed by atoms with E-state index in [9.17, 15) is 9.59 Å². The van der Waals surface area contributed by atoms with Crippen LogP contribution >= 0.6 is 0 Å². The Labute approximate surface area is 137 Å². The number of nitrogens with one attached hydrogen (secondary N) is 1. The van der Waals surface area contributed by atoms with Crippen LogP contribution in [-0.4, -0.2) is 64.9 Å². The van der Waals surface area contributed by atoms with Crippen LogP contribution in [0.15, 0.2) is 24.5 Å². The van der Waals surface area contributed by atoms with Crippen LogP contribution in [0.5, 0.6) is 0 Å². The summed E-state index contributed by atoms with van der Waals surface area (Å²) in [5.41, 5.74) is 0.450. The summed E-state index contributed by atoms with van der Waals surface area (Å²) in [6.45, 7) is 9.22. The first-order valence-electron chi connectivity index (χ1n) is 8.08. The lowest BCUT2D eigenvalue weighted by Crippen LogP contribution is -2.46. The van der Waals surface area contributed by atoms with Crippen molar-refractivity contribution in [3.63, 3.8) is 0 Å². The van der Waals surface area contributed by atoms with Crippen LogP contribution in [0.25, 0.3) is 0 Å². The number of carbonyl (C=O) groups is 2. The lowest BCUT2D eigenvalue weighted by atomic mass is 10.1. The Balaban J connectivity index is 1.87. The third-order valence-corrected chi connectivity index (χ3v) is 3.68. The number of amides is 2. The molecule has 0 bridgehead atoms. The monoisotopic (exact) mass is 318 g/mol. The molecule has 126 valence electrons. The fraction of sp³-hybridized carbons (Fsp3) is 0.588. The van der Waals surface area contributed by atoms with Gasteiger partial charge in [-0.05, 0) is 39.3 Å². The number of pyridine rings is 1. The second-order valence-corrected chi connectivity index (χ2v) is 6.96. The molecule has 1 aliphatic rings. The van der Waals surface area contributed by atoms with Gasteiger partial charge in [-0.3, -0.25) is 19.5 Å². The molecule has 1 N–H and O–H groups in total. The molecule has 1 saturated heterocycles. The summed E-state index contributed by atoms with van der Waals surface area (Å²) >= 11 is 0. The molecule has 0 aromatic carbocycles. The van der Waals surface area contributed by atoms with Gasteiger partial charge >= 0.3 is 0 Å². The molecule has 23 heavy (non-hydrogen) atoms. The summed E-state index contributed by atoms with van der Waals surface area (Å²) in [5.74, 6) is 0.0693. The van der Waals surface area contributed by atoms with Gasteiger partial charge in [0.25, 0.3) is 5.91 Å². The lowest BCUT2D eigenvalue weighted by molar-refractivity contribution is -0.123. The van der Waals surface area contributed by atoms with E-state index in [0.29, 0.717) is 25.2 Å². The number of aromatic nitrogens is 1. The molecule has 2 heterocycles. The maximum absolute atomic E-state index is 12.5. The van der Waals surface area contributed by atoms with Crippen molar-refractivity contribution in [2.45, 2.75) is 32.7 Å². The molecule has 1 aromatic rings. The Bertz CT molecular complexity index is 539. The summed E-state index contributed by atoms with van der Waals surface area (Å²) in [6, 6.07) is 3.48. The number of hydrogen-bond acceptors (Lipinski definition) is 4. The molecule has 2 rings (SSSR count). The second kappa shape index (κ2) is 7.55. The van der Waals surface area contributed by atoms with Crippen molar-refractivity contribution in [2.75, 3.05) is 32.7 Å². The fourth-order valence-corrected chi connectivity index (χ4v) is 2.67. The predicted octanol–water partition coefficient (Wildman–Crippen LogP) is 1.14. The third-order valence-electron chi connectivity index (χ3n) is 3.68. The smallest absolute Gasteiger partial charge is 0.254 e. The van der Waals surface area contributed by atoms with Crippen molar-refractivity contribution in [1.29, 1.82) is 0 Å². The fourth-order valence-electron chi connectivity index (χ4n) is 2.67. The average molecular weight is 318 g/mol. The molecule has 6 heteroatoms. The molecule has 2 amide bonds. The van der Waals surface area contributed by atoms with Gasteiger partial charge in [-0.15, -0.1) is 0 Å². The Hall–Kier alpha value is -1.95. The van der Waals surface area contributed by atoms with E-state index in [-0.39, 0.29) is 17.4 Å². The van der Waals surface area contributed by atoms with Crippen LogP contribution in [0.2, 0.25) is 0 Å². The Morgan fingerprint density at radius 2 is 1.83 bits per heavy atom. The van der Waals surface area contributed by atoms with Crippen LogP contribution in [0.3, 0.4) is 0 Å². The van der Waals surface area contributed by atoms with E-state index in [1.165, 1.54) is 0 Å². The van der Waals surface area contributed by atoms with Crippen LogP contribution < -0.4 is 5.32 Å². The number of hydrogen-bond donors (Lipinski definition) is 1. The Kier molecular flexibility index (Phi) is 5.71. The highest BCUT2D eigenvalue weighted by molar-refractivity contribution is 5.94. The van der Waals surface area contributed by atoms with Crippen molar-refractivity contribution < 1.29 is 9.59 Å². The topological polar surface area (TPSA) is 65.5 Å². The minimum Gasteiger partial charge on any atom is -0.350 e. The molecule has 0 aliphatic carbocycles.